The molecule has 5 nitrogen and oxygen atoms in total. The van der Waals surface area contributed by atoms with Crippen molar-refractivity contribution in [1.82, 2.24) is 14.8 Å². The van der Waals surface area contributed by atoms with Gasteiger partial charge in [0.25, 0.3) is 0 Å². The third kappa shape index (κ3) is 4.73. The second-order valence-corrected chi connectivity index (χ2v) is 9.46. The van der Waals surface area contributed by atoms with Crippen molar-refractivity contribution >= 4 is 34.7 Å². The van der Waals surface area contributed by atoms with E-state index in [1.807, 2.05) is 35.9 Å². The van der Waals surface area contributed by atoms with Crippen molar-refractivity contribution in [3.8, 4) is 16.4 Å². The van der Waals surface area contributed by atoms with Crippen LogP contribution in [0.5, 0.6) is 0 Å². The van der Waals surface area contributed by atoms with Crippen LogP contribution in [0.3, 0.4) is 0 Å². The number of aromatic nitrogens is 3. The summed E-state index contributed by atoms with van der Waals surface area (Å²) in [5, 5.41) is 14.6. The van der Waals surface area contributed by atoms with Crippen molar-refractivity contribution in [1.29, 1.82) is 0 Å². The third-order valence-electron chi connectivity index (χ3n) is 4.94. The standard InChI is InChI=1S/C24H24N4OS2/c1-15-7-9-19(10-8-15)28-23(20-6-5-11-30-20)26-27-24(28)31-14-21(29)25-22-17(3)12-16(2)13-18(22)4/h5-13H,14H2,1-4H3,(H,25,29). The number of carbonyl (C=O) groups is 1. The predicted molar refractivity (Wildman–Crippen MR) is 129 cm³/mol. The first-order valence-electron chi connectivity index (χ1n) is 9.99. The van der Waals surface area contributed by atoms with Crippen molar-refractivity contribution in [2.24, 2.45) is 0 Å². The monoisotopic (exact) mass is 448 g/mol. The first-order valence-corrected chi connectivity index (χ1v) is 11.9. The lowest BCUT2D eigenvalue weighted by Crippen LogP contribution is -2.16. The van der Waals surface area contributed by atoms with Crippen LogP contribution in [0, 0.1) is 27.7 Å². The molecule has 0 fully saturated rings. The van der Waals surface area contributed by atoms with E-state index >= 15 is 0 Å². The molecular weight excluding hydrogens is 424 g/mol. The molecule has 0 aliphatic heterocycles. The van der Waals surface area contributed by atoms with Crippen LogP contribution in [-0.4, -0.2) is 26.4 Å². The van der Waals surface area contributed by atoms with Gasteiger partial charge in [0.15, 0.2) is 11.0 Å². The van der Waals surface area contributed by atoms with Gasteiger partial charge >= 0.3 is 0 Å². The largest absolute Gasteiger partial charge is 0.325 e. The minimum atomic E-state index is -0.0591. The van der Waals surface area contributed by atoms with E-state index in [9.17, 15) is 4.79 Å². The van der Waals surface area contributed by atoms with E-state index in [1.54, 1.807) is 11.3 Å². The average molecular weight is 449 g/mol. The molecule has 4 aromatic rings. The van der Waals surface area contributed by atoms with Crippen LogP contribution in [0.25, 0.3) is 16.4 Å². The number of nitrogens with zero attached hydrogens (tertiary/aromatic N) is 3. The zero-order valence-electron chi connectivity index (χ0n) is 18.0. The number of nitrogens with one attached hydrogen (secondary N) is 1. The second-order valence-electron chi connectivity index (χ2n) is 7.57. The summed E-state index contributed by atoms with van der Waals surface area (Å²) in [5.74, 6) is 0.976. The summed E-state index contributed by atoms with van der Waals surface area (Å²) < 4.78 is 2.02. The number of thioether (sulfide) groups is 1. The molecule has 1 N–H and O–H groups in total. The Hall–Kier alpha value is -2.90. The minimum absolute atomic E-state index is 0.0591. The summed E-state index contributed by atoms with van der Waals surface area (Å²) in [7, 11) is 0. The highest BCUT2D eigenvalue weighted by atomic mass is 32.2. The zero-order valence-corrected chi connectivity index (χ0v) is 19.6. The number of hydrogen-bond acceptors (Lipinski definition) is 5. The number of hydrogen-bond donors (Lipinski definition) is 1. The molecule has 158 valence electrons. The van der Waals surface area contributed by atoms with Gasteiger partial charge in [-0.15, -0.1) is 21.5 Å². The molecule has 0 atom stereocenters. The Labute approximate surface area is 190 Å². The number of thiophene rings is 1. The fourth-order valence-electron chi connectivity index (χ4n) is 3.54. The van der Waals surface area contributed by atoms with Crippen LogP contribution < -0.4 is 5.32 Å². The number of benzene rings is 2. The molecule has 0 saturated carbocycles. The molecule has 2 aromatic heterocycles. The second kappa shape index (κ2) is 9.08. The molecule has 0 unspecified atom stereocenters. The van der Waals surface area contributed by atoms with Crippen molar-refractivity contribution in [3.63, 3.8) is 0 Å². The Bertz CT molecular complexity index is 1190. The highest BCUT2D eigenvalue weighted by molar-refractivity contribution is 7.99. The fraction of sp³-hybridized carbons (Fsp3) is 0.208. The summed E-state index contributed by atoms with van der Waals surface area (Å²) in [5.41, 5.74) is 6.38. The summed E-state index contributed by atoms with van der Waals surface area (Å²) in [6, 6.07) is 16.4. The lowest BCUT2D eigenvalue weighted by atomic mass is 10.1. The minimum Gasteiger partial charge on any atom is -0.325 e. The maximum absolute atomic E-state index is 12.7. The van der Waals surface area contributed by atoms with Crippen LogP contribution in [0.15, 0.2) is 59.1 Å². The molecule has 2 aromatic carbocycles. The first-order chi connectivity index (χ1) is 14.9. The highest BCUT2D eigenvalue weighted by Crippen LogP contribution is 2.31. The Kier molecular flexibility index (Phi) is 6.25. The lowest BCUT2D eigenvalue weighted by Gasteiger charge is -2.13. The van der Waals surface area contributed by atoms with E-state index < -0.39 is 0 Å². The molecule has 7 heteroatoms. The summed E-state index contributed by atoms with van der Waals surface area (Å²) >= 11 is 3.01. The molecule has 0 bridgehead atoms. The third-order valence-corrected chi connectivity index (χ3v) is 6.74. The molecule has 0 radical (unpaired) electrons. The van der Waals surface area contributed by atoms with Gasteiger partial charge in [-0.3, -0.25) is 9.36 Å². The number of aryl methyl sites for hydroxylation is 4. The summed E-state index contributed by atoms with van der Waals surface area (Å²) in [6.45, 7) is 8.16. The molecule has 1 amide bonds. The molecule has 2 heterocycles. The van der Waals surface area contributed by atoms with Gasteiger partial charge in [0.1, 0.15) is 0 Å². The number of carbonyl (C=O) groups excluding carboxylic acids is 1. The molecule has 0 saturated heterocycles. The van der Waals surface area contributed by atoms with Gasteiger partial charge in [-0.2, -0.15) is 0 Å². The van der Waals surface area contributed by atoms with Gasteiger partial charge in [-0.05, 0) is 62.4 Å². The van der Waals surface area contributed by atoms with Crippen molar-refractivity contribution in [2.45, 2.75) is 32.9 Å². The highest BCUT2D eigenvalue weighted by Gasteiger charge is 2.18. The fourth-order valence-corrected chi connectivity index (χ4v) is 4.99. The van der Waals surface area contributed by atoms with Gasteiger partial charge in [0.2, 0.25) is 5.91 Å². The van der Waals surface area contributed by atoms with Crippen LogP contribution >= 0.6 is 23.1 Å². The molecule has 0 spiro atoms. The van der Waals surface area contributed by atoms with Gasteiger partial charge in [-0.1, -0.05) is 53.2 Å². The maximum atomic E-state index is 12.7. The molecule has 0 aliphatic carbocycles. The van der Waals surface area contributed by atoms with Crippen molar-refractivity contribution < 1.29 is 4.79 Å². The van der Waals surface area contributed by atoms with E-state index in [1.165, 1.54) is 22.9 Å². The molecule has 31 heavy (non-hydrogen) atoms. The first kappa shape index (κ1) is 21.3. The van der Waals surface area contributed by atoms with E-state index in [-0.39, 0.29) is 11.7 Å². The SMILES string of the molecule is Cc1ccc(-n2c(SCC(=O)Nc3c(C)cc(C)cc3C)nnc2-c2cccs2)cc1. The molecule has 4 rings (SSSR count). The van der Waals surface area contributed by atoms with E-state index in [0.29, 0.717) is 5.16 Å². The van der Waals surface area contributed by atoms with Gasteiger partial charge in [0, 0.05) is 11.4 Å². The van der Waals surface area contributed by atoms with Crippen molar-refractivity contribution in [2.75, 3.05) is 11.1 Å². The predicted octanol–water partition coefficient (Wildman–Crippen LogP) is 5.96. The molecular formula is C24H24N4OS2. The lowest BCUT2D eigenvalue weighted by molar-refractivity contribution is -0.113. The van der Waals surface area contributed by atoms with E-state index in [2.05, 4.69) is 65.8 Å². The normalized spacial score (nSPS) is 11.0. The average Bonchev–Trinajstić information content (AvgIpc) is 3.39. The number of amides is 1. The summed E-state index contributed by atoms with van der Waals surface area (Å²) in [6.07, 6.45) is 0. The van der Waals surface area contributed by atoms with Crippen LogP contribution in [0.4, 0.5) is 5.69 Å². The Morgan fingerprint density at radius 3 is 2.35 bits per heavy atom. The van der Waals surface area contributed by atoms with Gasteiger partial charge in [-0.25, -0.2) is 0 Å². The molecule has 0 aliphatic rings. The summed E-state index contributed by atoms with van der Waals surface area (Å²) in [4.78, 5) is 13.8. The number of rotatable bonds is 6. The van der Waals surface area contributed by atoms with E-state index in [0.717, 1.165) is 33.2 Å². The zero-order chi connectivity index (χ0) is 22.0. The number of anilines is 1. The van der Waals surface area contributed by atoms with Crippen molar-refractivity contribution in [3.05, 3.63) is 76.2 Å². The topological polar surface area (TPSA) is 59.8 Å². The van der Waals surface area contributed by atoms with Gasteiger partial charge < -0.3 is 5.32 Å². The Morgan fingerprint density at radius 1 is 1.00 bits per heavy atom. The van der Waals surface area contributed by atoms with Crippen LogP contribution in [0.1, 0.15) is 22.3 Å². The Balaban J connectivity index is 1.58. The van der Waals surface area contributed by atoms with Crippen LogP contribution in [0.2, 0.25) is 0 Å². The smallest absolute Gasteiger partial charge is 0.234 e. The van der Waals surface area contributed by atoms with Gasteiger partial charge in [0.05, 0.1) is 10.6 Å². The van der Waals surface area contributed by atoms with Crippen LogP contribution in [-0.2, 0) is 4.79 Å². The van der Waals surface area contributed by atoms with E-state index in [4.69, 9.17) is 0 Å². The Morgan fingerprint density at radius 2 is 1.71 bits per heavy atom. The maximum Gasteiger partial charge on any atom is 0.234 e. The quantitative estimate of drug-likeness (QED) is 0.370.